The number of fused-ring (bicyclic) bond motifs is 2. The number of hydrogen-bond donors (Lipinski definition) is 0. The Bertz CT molecular complexity index is 2360. The third-order valence-electron chi connectivity index (χ3n) is 8.85. The summed E-state index contributed by atoms with van der Waals surface area (Å²) in [5.41, 5.74) is 14.2. The minimum atomic E-state index is 0.703. The number of rotatable bonds is 5. The van der Waals surface area contributed by atoms with Crippen LogP contribution >= 0.6 is 0 Å². The van der Waals surface area contributed by atoms with Gasteiger partial charge in [0.05, 0.1) is 22.4 Å². The maximum absolute atomic E-state index is 5.22. The molecule has 8 rings (SSSR count). The lowest BCUT2D eigenvalue weighted by molar-refractivity contribution is 1.23. The summed E-state index contributed by atoms with van der Waals surface area (Å²) in [7, 11) is 0. The molecular formula is C43H31N3. The van der Waals surface area contributed by atoms with Crippen LogP contribution in [0.25, 0.3) is 78.0 Å². The van der Waals surface area contributed by atoms with E-state index in [1.807, 2.05) is 18.2 Å². The molecule has 0 bridgehead atoms. The number of nitrogens with zero attached hydrogens (tertiary/aromatic N) is 3. The van der Waals surface area contributed by atoms with Crippen molar-refractivity contribution in [2.75, 3.05) is 0 Å². The van der Waals surface area contributed by atoms with E-state index in [2.05, 4.69) is 147 Å². The van der Waals surface area contributed by atoms with Crippen molar-refractivity contribution in [3.8, 4) is 56.2 Å². The number of para-hydroxylation sites is 2. The molecule has 0 saturated heterocycles. The third kappa shape index (κ3) is 4.92. The molecule has 0 unspecified atom stereocenters. The van der Waals surface area contributed by atoms with Crippen LogP contribution in [0.3, 0.4) is 0 Å². The van der Waals surface area contributed by atoms with E-state index < -0.39 is 0 Å². The Kier molecular flexibility index (Phi) is 6.92. The van der Waals surface area contributed by atoms with Crippen molar-refractivity contribution in [1.82, 2.24) is 15.0 Å². The van der Waals surface area contributed by atoms with E-state index in [4.69, 9.17) is 15.0 Å². The van der Waals surface area contributed by atoms with E-state index >= 15 is 0 Å². The molecule has 218 valence electrons. The molecule has 46 heavy (non-hydrogen) atoms. The Hall–Kier alpha value is -5.93. The SMILES string of the molecule is Cc1ccccc1-c1c(-c2ccc(-c3nc(-c4ccc(-c5ccccc5)cc4)c4ccccc4n3)cc2)nc2ccccc2c1C. The molecule has 0 saturated carbocycles. The first-order valence-corrected chi connectivity index (χ1v) is 15.6. The molecule has 2 aromatic heterocycles. The summed E-state index contributed by atoms with van der Waals surface area (Å²) in [6.07, 6.45) is 0. The lowest BCUT2D eigenvalue weighted by atomic mass is 9.90. The van der Waals surface area contributed by atoms with Gasteiger partial charge in [-0.05, 0) is 53.8 Å². The van der Waals surface area contributed by atoms with Crippen molar-refractivity contribution in [2.45, 2.75) is 13.8 Å². The van der Waals surface area contributed by atoms with Gasteiger partial charge in [0, 0.05) is 33.0 Å². The molecule has 0 fully saturated rings. The third-order valence-corrected chi connectivity index (χ3v) is 8.85. The lowest BCUT2D eigenvalue weighted by Gasteiger charge is -2.17. The van der Waals surface area contributed by atoms with Gasteiger partial charge in [0.1, 0.15) is 0 Å². The van der Waals surface area contributed by atoms with Crippen molar-refractivity contribution < 1.29 is 0 Å². The molecule has 2 heterocycles. The number of benzene rings is 6. The maximum atomic E-state index is 5.22. The normalized spacial score (nSPS) is 11.3. The Morgan fingerprint density at radius 2 is 0.891 bits per heavy atom. The first kappa shape index (κ1) is 27.6. The standard InChI is InChI=1S/C43H31N3/c1-28-12-6-7-15-35(28)40-29(2)36-16-8-10-18-38(36)44-42(40)33-24-26-34(27-25-33)43-45-39-19-11-9-17-37(39)41(46-43)32-22-20-31(21-23-32)30-13-4-3-5-14-30/h3-27H,1-2H3. The van der Waals surface area contributed by atoms with Gasteiger partial charge >= 0.3 is 0 Å². The van der Waals surface area contributed by atoms with E-state index in [-0.39, 0.29) is 0 Å². The largest absolute Gasteiger partial charge is 0.247 e. The van der Waals surface area contributed by atoms with Gasteiger partial charge in [0.15, 0.2) is 5.82 Å². The fraction of sp³-hybridized carbons (Fsp3) is 0.0465. The van der Waals surface area contributed by atoms with Crippen molar-refractivity contribution in [2.24, 2.45) is 0 Å². The van der Waals surface area contributed by atoms with E-state index in [1.54, 1.807) is 0 Å². The van der Waals surface area contributed by atoms with Gasteiger partial charge in [-0.3, -0.25) is 0 Å². The Morgan fingerprint density at radius 3 is 1.61 bits per heavy atom. The molecule has 0 amide bonds. The van der Waals surface area contributed by atoms with E-state index in [0.717, 1.165) is 44.5 Å². The molecule has 8 aromatic rings. The highest BCUT2D eigenvalue weighted by Crippen LogP contribution is 2.39. The van der Waals surface area contributed by atoms with Crippen molar-refractivity contribution in [3.05, 3.63) is 163 Å². The van der Waals surface area contributed by atoms with Crippen LogP contribution in [0.2, 0.25) is 0 Å². The number of aromatic nitrogens is 3. The lowest BCUT2D eigenvalue weighted by Crippen LogP contribution is -1.98. The molecule has 3 heteroatoms. The van der Waals surface area contributed by atoms with E-state index in [1.165, 1.54) is 38.8 Å². The van der Waals surface area contributed by atoms with Crippen LogP contribution in [0, 0.1) is 13.8 Å². The zero-order valence-corrected chi connectivity index (χ0v) is 25.8. The van der Waals surface area contributed by atoms with Gasteiger partial charge in [0.2, 0.25) is 0 Å². The smallest absolute Gasteiger partial charge is 0.160 e. The quantitative estimate of drug-likeness (QED) is 0.200. The number of aryl methyl sites for hydroxylation is 2. The van der Waals surface area contributed by atoms with Crippen LogP contribution in [-0.4, -0.2) is 15.0 Å². The van der Waals surface area contributed by atoms with Crippen LogP contribution in [-0.2, 0) is 0 Å². The van der Waals surface area contributed by atoms with Crippen LogP contribution in [0.15, 0.2) is 152 Å². The van der Waals surface area contributed by atoms with Crippen LogP contribution in [0.1, 0.15) is 11.1 Å². The van der Waals surface area contributed by atoms with Crippen LogP contribution in [0.4, 0.5) is 0 Å². The number of pyridine rings is 1. The molecule has 0 aliphatic carbocycles. The molecule has 6 aromatic carbocycles. The predicted molar refractivity (Wildman–Crippen MR) is 191 cm³/mol. The summed E-state index contributed by atoms with van der Waals surface area (Å²) in [5.74, 6) is 0.703. The molecular weight excluding hydrogens is 558 g/mol. The minimum absolute atomic E-state index is 0.703. The van der Waals surface area contributed by atoms with Crippen molar-refractivity contribution in [1.29, 1.82) is 0 Å². The van der Waals surface area contributed by atoms with Gasteiger partial charge in [-0.1, -0.05) is 140 Å². The van der Waals surface area contributed by atoms with E-state index in [9.17, 15) is 0 Å². The van der Waals surface area contributed by atoms with Crippen LogP contribution < -0.4 is 0 Å². The van der Waals surface area contributed by atoms with Gasteiger partial charge < -0.3 is 0 Å². The summed E-state index contributed by atoms with van der Waals surface area (Å²) >= 11 is 0. The minimum Gasteiger partial charge on any atom is -0.247 e. The maximum Gasteiger partial charge on any atom is 0.160 e. The zero-order valence-electron chi connectivity index (χ0n) is 25.8. The summed E-state index contributed by atoms with van der Waals surface area (Å²) < 4.78 is 0. The number of hydrogen-bond acceptors (Lipinski definition) is 3. The van der Waals surface area contributed by atoms with Crippen molar-refractivity contribution in [3.63, 3.8) is 0 Å². The Morgan fingerprint density at radius 1 is 0.370 bits per heavy atom. The molecule has 0 spiro atoms. The fourth-order valence-corrected chi connectivity index (χ4v) is 6.42. The molecule has 0 aliphatic heterocycles. The second kappa shape index (κ2) is 11.5. The highest BCUT2D eigenvalue weighted by Gasteiger charge is 2.18. The average Bonchev–Trinajstić information content (AvgIpc) is 3.12. The molecule has 0 aliphatic rings. The monoisotopic (exact) mass is 589 g/mol. The van der Waals surface area contributed by atoms with Gasteiger partial charge in [-0.15, -0.1) is 0 Å². The van der Waals surface area contributed by atoms with Gasteiger partial charge in [-0.2, -0.15) is 0 Å². The summed E-state index contributed by atoms with van der Waals surface area (Å²) in [4.78, 5) is 15.4. The van der Waals surface area contributed by atoms with Crippen LogP contribution in [0.5, 0.6) is 0 Å². The first-order valence-electron chi connectivity index (χ1n) is 15.6. The second-order valence-corrected chi connectivity index (χ2v) is 11.7. The summed E-state index contributed by atoms with van der Waals surface area (Å²) in [6.45, 7) is 4.38. The molecule has 0 N–H and O–H groups in total. The average molecular weight is 590 g/mol. The molecule has 0 radical (unpaired) electrons. The van der Waals surface area contributed by atoms with E-state index in [0.29, 0.717) is 5.82 Å². The predicted octanol–water partition coefficient (Wildman–Crippen LogP) is 11.1. The molecule has 3 nitrogen and oxygen atoms in total. The Balaban J connectivity index is 1.23. The van der Waals surface area contributed by atoms with Gasteiger partial charge in [0.25, 0.3) is 0 Å². The fourth-order valence-electron chi connectivity index (χ4n) is 6.42. The topological polar surface area (TPSA) is 38.7 Å². The summed E-state index contributed by atoms with van der Waals surface area (Å²) in [6, 6.07) is 52.9. The highest BCUT2D eigenvalue weighted by molar-refractivity contribution is 5.97. The summed E-state index contributed by atoms with van der Waals surface area (Å²) in [5, 5.41) is 2.21. The second-order valence-electron chi connectivity index (χ2n) is 11.7. The van der Waals surface area contributed by atoms with Gasteiger partial charge in [-0.25, -0.2) is 15.0 Å². The molecule has 0 atom stereocenters. The Labute approximate surface area is 268 Å². The van der Waals surface area contributed by atoms with Crippen molar-refractivity contribution >= 4 is 21.8 Å². The zero-order chi connectivity index (χ0) is 31.0. The first-order chi connectivity index (χ1) is 22.6. The highest BCUT2D eigenvalue weighted by atomic mass is 14.9.